The van der Waals surface area contributed by atoms with E-state index < -0.39 is 0 Å². The van der Waals surface area contributed by atoms with Crippen molar-refractivity contribution < 1.29 is 0 Å². The molecule has 0 spiro atoms. The number of nitrogens with two attached hydrogens (primary N) is 1. The second-order valence-corrected chi connectivity index (χ2v) is 11.3. The Hall–Kier alpha value is -3.99. The Morgan fingerprint density at radius 1 is 0.846 bits per heavy atom. The normalized spacial score (nSPS) is 20.2. The summed E-state index contributed by atoms with van der Waals surface area (Å²) in [6, 6.07) is 35.0. The lowest BCUT2D eigenvalue weighted by atomic mass is 9.63. The Balaban J connectivity index is 1.16. The van der Waals surface area contributed by atoms with Crippen LogP contribution in [0.25, 0.3) is 11.2 Å². The van der Waals surface area contributed by atoms with Crippen LogP contribution in [0.1, 0.15) is 73.1 Å². The van der Waals surface area contributed by atoms with Crippen LogP contribution >= 0.6 is 0 Å². The number of hydrogen-bond acceptors (Lipinski definition) is 4. The summed E-state index contributed by atoms with van der Waals surface area (Å²) >= 11 is 0. The number of aromatic nitrogens is 4. The molecular weight excluding hydrogens is 478 g/mol. The molecule has 0 radical (unpaired) electrons. The molecular formula is C34H37N5. The third-order valence-corrected chi connectivity index (χ3v) is 8.86. The molecule has 0 aliphatic heterocycles. The first-order valence-corrected chi connectivity index (χ1v) is 14.3. The standard InChI is InChI=1S/C34H37N5/c35-31-23-30(32-33(36-31)38-39-37-32)29(27-14-6-2-7-15-27)18-10-13-25-19-21-34(22-20-25,28-16-8-3-9-17-28)24-26-11-4-1-5-12-26/h1-9,11-12,14-17,23,25,29H,10,13,18-22,24H2,(H3,35,36,37,38,39). The monoisotopic (exact) mass is 515 g/mol. The predicted octanol–water partition coefficient (Wildman–Crippen LogP) is 7.61. The number of aromatic amines is 1. The number of hydrogen-bond donors (Lipinski definition) is 2. The quantitative estimate of drug-likeness (QED) is 0.212. The van der Waals surface area contributed by atoms with Crippen LogP contribution in [0.15, 0.2) is 97.1 Å². The fourth-order valence-corrected chi connectivity index (χ4v) is 6.81. The van der Waals surface area contributed by atoms with E-state index >= 15 is 0 Å². The number of nitrogens with zero attached hydrogens (tertiary/aromatic N) is 3. The van der Waals surface area contributed by atoms with Gasteiger partial charge in [0.15, 0.2) is 0 Å². The number of pyridine rings is 1. The van der Waals surface area contributed by atoms with Gasteiger partial charge in [0, 0.05) is 5.92 Å². The third-order valence-electron chi connectivity index (χ3n) is 8.86. The highest BCUT2D eigenvalue weighted by Crippen LogP contribution is 2.45. The van der Waals surface area contributed by atoms with E-state index in [2.05, 4.69) is 111 Å². The fraction of sp³-hybridized carbons (Fsp3) is 0.324. The second-order valence-electron chi connectivity index (χ2n) is 11.3. The fourth-order valence-electron chi connectivity index (χ4n) is 6.81. The van der Waals surface area contributed by atoms with Crippen LogP contribution in [0.5, 0.6) is 0 Å². The van der Waals surface area contributed by atoms with E-state index in [4.69, 9.17) is 5.73 Å². The molecule has 2 aromatic heterocycles. The zero-order valence-corrected chi connectivity index (χ0v) is 22.5. The minimum absolute atomic E-state index is 0.217. The highest BCUT2D eigenvalue weighted by atomic mass is 15.3. The van der Waals surface area contributed by atoms with Crippen molar-refractivity contribution in [1.29, 1.82) is 0 Å². The summed E-state index contributed by atoms with van der Waals surface area (Å²) in [5.74, 6) is 1.48. The SMILES string of the molecule is Nc1cc(C(CCCC2CCC(Cc3ccccc3)(c3ccccc3)CC2)c2ccccc2)c2n[nH]nc2n1. The van der Waals surface area contributed by atoms with Gasteiger partial charge < -0.3 is 5.73 Å². The van der Waals surface area contributed by atoms with Crippen LogP contribution in [0.3, 0.4) is 0 Å². The summed E-state index contributed by atoms with van der Waals surface area (Å²) in [5.41, 5.74) is 13.2. The highest BCUT2D eigenvalue weighted by molar-refractivity contribution is 5.77. The van der Waals surface area contributed by atoms with Gasteiger partial charge in [-0.05, 0) is 78.2 Å². The molecule has 1 aliphatic carbocycles. The zero-order valence-electron chi connectivity index (χ0n) is 22.5. The molecule has 198 valence electrons. The summed E-state index contributed by atoms with van der Waals surface area (Å²) in [6.45, 7) is 0. The van der Waals surface area contributed by atoms with Crippen molar-refractivity contribution in [3.05, 3.63) is 119 Å². The van der Waals surface area contributed by atoms with Crippen LogP contribution in [0.2, 0.25) is 0 Å². The molecule has 1 fully saturated rings. The van der Waals surface area contributed by atoms with Crippen molar-refractivity contribution in [1.82, 2.24) is 20.4 Å². The molecule has 5 aromatic rings. The minimum Gasteiger partial charge on any atom is -0.384 e. The largest absolute Gasteiger partial charge is 0.384 e. The summed E-state index contributed by atoms with van der Waals surface area (Å²) in [5, 5.41) is 11.4. The smallest absolute Gasteiger partial charge is 0.203 e. The number of rotatable bonds is 9. The van der Waals surface area contributed by atoms with E-state index in [-0.39, 0.29) is 11.3 Å². The number of benzene rings is 3. The van der Waals surface area contributed by atoms with Gasteiger partial charge in [-0.3, -0.25) is 0 Å². The van der Waals surface area contributed by atoms with E-state index in [1.54, 1.807) is 0 Å². The van der Waals surface area contributed by atoms with E-state index in [9.17, 15) is 0 Å². The van der Waals surface area contributed by atoms with Gasteiger partial charge in [-0.25, -0.2) is 4.98 Å². The molecule has 5 nitrogen and oxygen atoms in total. The first-order valence-electron chi connectivity index (χ1n) is 14.3. The molecule has 0 amide bonds. The van der Waals surface area contributed by atoms with Crippen LogP contribution in [-0.4, -0.2) is 20.4 Å². The van der Waals surface area contributed by atoms with Gasteiger partial charge in [0.2, 0.25) is 5.65 Å². The molecule has 1 unspecified atom stereocenters. The summed E-state index contributed by atoms with van der Waals surface area (Å²) < 4.78 is 0. The zero-order chi connectivity index (χ0) is 26.5. The Labute approximate surface area is 230 Å². The molecule has 39 heavy (non-hydrogen) atoms. The molecule has 1 aliphatic rings. The van der Waals surface area contributed by atoms with Gasteiger partial charge in [0.1, 0.15) is 11.3 Å². The van der Waals surface area contributed by atoms with Crippen LogP contribution < -0.4 is 5.73 Å². The van der Waals surface area contributed by atoms with Crippen LogP contribution in [-0.2, 0) is 11.8 Å². The van der Waals surface area contributed by atoms with Crippen molar-refractivity contribution in [2.24, 2.45) is 5.92 Å². The predicted molar refractivity (Wildman–Crippen MR) is 158 cm³/mol. The highest BCUT2D eigenvalue weighted by Gasteiger charge is 2.36. The maximum atomic E-state index is 6.18. The summed E-state index contributed by atoms with van der Waals surface area (Å²) in [7, 11) is 0. The van der Waals surface area contributed by atoms with Gasteiger partial charge in [0.25, 0.3) is 0 Å². The molecule has 2 heterocycles. The minimum atomic E-state index is 0.217. The van der Waals surface area contributed by atoms with E-state index in [1.165, 1.54) is 55.2 Å². The Morgan fingerprint density at radius 2 is 1.51 bits per heavy atom. The Morgan fingerprint density at radius 3 is 2.23 bits per heavy atom. The molecule has 3 N–H and O–H groups in total. The summed E-state index contributed by atoms with van der Waals surface area (Å²) in [6.07, 6.45) is 9.67. The maximum Gasteiger partial charge on any atom is 0.203 e. The molecule has 5 heteroatoms. The topological polar surface area (TPSA) is 80.5 Å². The van der Waals surface area contributed by atoms with Gasteiger partial charge in [-0.1, -0.05) is 104 Å². The van der Waals surface area contributed by atoms with Gasteiger partial charge >= 0.3 is 0 Å². The van der Waals surface area contributed by atoms with Gasteiger partial charge in [-0.15, -0.1) is 5.10 Å². The van der Waals surface area contributed by atoms with Crippen molar-refractivity contribution >= 4 is 17.0 Å². The summed E-state index contributed by atoms with van der Waals surface area (Å²) in [4.78, 5) is 4.37. The molecule has 1 saturated carbocycles. The third kappa shape index (κ3) is 5.58. The lowest BCUT2D eigenvalue weighted by molar-refractivity contribution is 0.216. The Kier molecular flexibility index (Phi) is 7.40. The van der Waals surface area contributed by atoms with Gasteiger partial charge in [0.05, 0.1) is 0 Å². The van der Waals surface area contributed by atoms with Crippen molar-refractivity contribution in [3.8, 4) is 0 Å². The van der Waals surface area contributed by atoms with Crippen molar-refractivity contribution in [2.75, 3.05) is 5.73 Å². The van der Waals surface area contributed by atoms with E-state index in [0.29, 0.717) is 11.5 Å². The first-order chi connectivity index (χ1) is 19.2. The molecule has 0 bridgehead atoms. The average molecular weight is 516 g/mol. The van der Waals surface area contributed by atoms with Crippen molar-refractivity contribution in [3.63, 3.8) is 0 Å². The molecule has 3 aromatic carbocycles. The lowest BCUT2D eigenvalue weighted by Gasteiger charge is -2.41. The van der Waals surface area contributed by atoms with Crippen LogP contribution in [0, 0.1) is 5.92 Å². The number of nitrogens with one attached hydrogen (secondary N) is 1. The van der Waals surface area contributed by atoms with E-state index in [1.807, 2.05) is 6.07 Å². The number of anilines is 1. The van der Waals surface area contributed by atoms with Crippen molar-refractivity contribution in [2.45, 2.75) is 62.7 Å². The van der Waals surface area contributed by atoms with Gasteiger partial charge in [-0.2, -0.15) is 10.3 Å². The number of fused-ring (bicyclic) bond motifs is 1. The Bertz CT molecular complexity index is 1470. The number of nitrogen functional groups attached to an aromatic ring is 1. The lowest BCUT2D eigenvalue weighted by Crippen LogP contribution is -2.34. The maximum absolute atomic E-state index is 6.18. The molecule has 1 atom stereocenters. The second kappa shape index (κ2) is 11.4. The van der Waals surface area contributed by atoms with Crippen LogP contribution in [0.4, 0.5) is 5.82 Å². The first kappa shape index (κ1) is 25.3. The van der Waals surface area contributed by atoms with E-state index in [0.717, 1.165) is 29.8 Å². The number of H-pyrrole nitrogens is 1. The molecule has 0 saturated heterocycles. The average Bonchev–Trinajstić information content (AvgIpc) is 3.46. The molecule has 6 rings (SSSR count).